The van der Waals surface area contributed by atoms with E-state index in [9.17, 15) is 14.4 Å². The summed E-state index contributed by atoms with van der Waals surface area (Å²) in [6.07, 6.45) is 1.74. The van der Waals surface area contributed by atoms with Crippen molar-refractivity contribution < 1.29 is 19.6 Å². The van der Waals surface area contributed by atoms with Crippen molar-refractivity contribution in [3.8, 4) is 0 Å². The molecular weight excluding hydrogens is 346 g/mol. The van der Waals surface area contributed by atoms with Crippen molar-refractivity contribution in [1.29, 1.82) is 0 Å². The van der Waals surface area contributed by atoms with E-state index in [0.29, 0.717) is 12.8 Å². The predicted molar refractivity (Wildman–Crippen MR) is 103 cm³/mol. The Balaban J connectivity index is 2.76. The smallest absolute Gasteiger partial charge is 0.244 e. The molecular formula is C20H31N3O4. The van der Waals surface area contributed by atoms with Crippen LogP contribution in [0.15, 0.2) is 24.3 Å². The standard InChI is InChI=1S/C20H31N3O4/c1-13-8-10-14(11-9-13)6-5-7-15(12-16(24)23-27)19(26)22-17(18(21)25)20(2,3)4/h8-11,15,17,27H,5-7,12H2,1-4H3,(H2,21,25)(H,22,26)(H,23,24)/t15-,17-/m1/s1. The molecule has 150 valence electrons. The van der Waals surface area contributed by atoms with Gasteiger partial charge in [0.1, 0.15) is 6.04 Å². The quantitative estimate of drug-likeness (QED) is 0.387. The van der Waals surface area contributed by atoms with Crippen LogP contribution in [0.3, 0.4) is 0 Å². The molecule has 3 amide bonds. The molecule has 7 heteroatoms. The van der Waals surface area contributed by atoms with Crippen LogP contribution in [-0.2, 0) is 20.8 Å². The Morgan fingerprint density at radius 3 is 2.22 bits per heavy atom. The Kier molecular flexibility index (Phi) is 8.43. The van der Waals surface area contributed by atoms with Crippen LogP contribution < -0.4 is 16.5 Å². The highest BCUT2D eigenvalue weighted by atomic mass is 16.5. The van der Waals surface area contributed by atoms with Crippen LogP contribution in [0.2, 0.25) is 0 Å². The van der Waals surface area contributed by atoms with Crippen molar-refractivity contribution in [2.75, 3.05) is 0 Å². The molecule has 5 N–H and O–H groups in total. The maximum atomic E-state index is 12.7. The van der Waals surface area contributed by atoms with Crippen molar-refractivity contribution in [3.63, 3.8) is 0 Å². The molecule has 0 heterocycles. The van der Waals surface area contributed by atoms with Gasteiger partial charge >= 0.3 is 0 Å². The molecule has 0 unspecified atom stereocenters. The van der Waals surface area contributed by atoms with E-state index in [-0.39, 0.29) is 6.42 Å². The number of hydroxylamine groups is 1. The highest BCUT2D eigenvalue weighted by Crippen LogP contribution is 2.21. The van der Waals surface area contributed by atoms with E-state index >= 15 is 0 Å². The summed E-state index contributed by atoms with van der Waals surface area (Å²) >= 11 is 0. The molecule has 0 fully saturated rings. The zero-order chi connectivity index (χ0) is 20.6. The van der Waals surface area contributed by atoms with Gasteiger partial charge in [-0.3, -0.25) is 19.6 Å². The molecule has 2 atom stereocenters. The number of primary amides is 1. The van der Waals surface area contributed by atoms with Gasteiger partial charge in [0.15, 0.2) is 0 Å². The van der Waals surface area contributed by atoms with E-state index in [1.807, 2.05) is 31.2 Å². The SMILES string of the molecule is Cc1ccc(CCC[C@H](CC(=O)NO)C(=O)N[C@H](C(N)=O)C(C)(C)C)cc1. The molecule has 1 aromatic carbocycles. The van der Waals surface area contributed by atoms with Crippen LogP contribution in [-0.4, -0.2) is 29.0 Å². The van der Waals surface area contributed by atoms with Gasteiger partial charge in [-0.15, -0.1) is 0 Å². The van der Waals surface area contributed by atoms with Gasteiger partial charge in [0.05, 0.1) is 0 Å². The van der Waals surface area contributed by atoms with Gasteiger partial charge in [-0.05, 0) is 37.2 Å². The molecule has 7 nitrogen and oxygen atoms in total. The van der Waals surface area contributed by atoms with Crippen LogP contribution in [0.25, 0.3) is 0 Å². The number of rotatable bonds is 9. The van der Waals surface area contributed by atoms with E-state index in [1.54, 1.807) is 26.3 Å². The summed E-state index contributed by atoms with van der Waals surface area (Å²) in [5.74, 6) is -2.34. The molecule has 0 aliphatic carbocycles. The summed E-state index contributed by atoms with van der Waals surface area (Å²) < 4.78 is 0. The summed E-state index contributed by atoms with van der Waals surface area (Å²) in [6, 6.07) is 7.28. The maximum absolute atomic E-state index is 12.7. The van der Waals surface area contributed by atoms with Gasteiger partial charge in [-0.25, -0.2) is 5.48 Å². The van der Waals surface area contributed by atoms with Gasteiger partial charge in [0.25, 0.3) is 0 Å². The van der Waals surface area contributed by atoms with Crippen LogP contribution >= 0.6 is 0 Å². The van der Waals surface area contributed by atoms with E-state index in [2.05, 4.69) is 5.32 Å². The monoisotopic (exact) mass is 377 g/mol. The zero-order valence-electron chi connectivity index (χ0n) is 16.5. The summed E-state index contributed by atoms with van der Waals surface area (Å²) in [7, 11) is 0. The third-order valence-electron chi connectivity index (χ3n) is 4.50. The molecule has 0 bridgehead atoms. The highest BCUT2D eigenvalue weighted by Gasteiger charge is 2.33. The largest absolute Gasteiger partial charge is 0.368 e. The zero-order valence-corrected chi connectivity index (χ0v) is 16.5. The van der Waals surface area contributed by atoms with Crippen LogP contribution in [0, 0.1) is 18.3 Å². The number of amides is 3. The first kappa shape index (κ1) is 22.6. The molecule has 0 aliphatic heterocycles. The minimum absolute atomic E-state index is 0.161. The summed E-state index contributed by atoms with van der Waals surface area (Å²) in [4.78, 5) is 35.9. The van der Waals surface area contributed by atoms with Gasteiger partial charge in [-0.2, -0.15) is 0 Å². The number of hydrogen-bond donors (Lipinski definition) is 4. The molecule has 1 aromatic rings. The topological polar surface area (TPSA) is 122 Å². The Hall–Kier alpha value is -2.41. The number of carbonyl (C=O) groups excluding carboxylic acids is 3. The first-order chi connectivity index (χ1) is 12.5. The van der Waals surface area contributed by atoms with Gasteiger partial charge in [-0.1, -0.05) is 50.6 Å². The second-order valence-electron chi connectivity index (χ2n) is 8.02. The van der Waals surface area contributed by atoms with Crippen LogP contribution in [0.4, 0.5) is 0 Å². The number of aryl methyl sites for hydroxylation is 2. The first-order valence-corrected chi connectivity index (χ1v) is 9.12. The predicted octanol–water partition coefficient (Wildman–Crippen LogP) is 1.85. The highest BCUT2D eigenvalue weighted by molar-refractivity contribution is 5.90. The van der Waals surface area contributed by atoms with Crippen LogP contribution in [0.5, 0.6) is 0 Å². The Morgan fingerprint density at radius 1 is 1.15 bits per heavy atom. The Bertz CT molecular complexity index is 650. The van der Waals surface area contributed by atoms with E-state index in [4.69, 9.17) is 10.9 Å². The van der Waals surface area contributed by atoms with Crippen molar-refractivity contribution in [1.82, 2.24) is 10.8 Å². The van der Waals surface area contributed by atoms with Gasteiger partial charge in [0, 0.05) is 12.3 Å². The summed E-state index contributed by atoms with van der Waals surface area (Å²) in [5.41, 5.74) is 8.75. The molecule has 0 aromatic heterocycles. The number of carbonyl (C=O) groups is 3. The first-order valence-electron chi connectivity index (χ1n) is 9.12. The third kappa shape index (κ3) is 7.78. The molecule has 0 spiro atoms. The summed E-state index contributed by atoms with van der Waals surface area (Å²) in [6.45, 7) is 7.42. The lowest BCUT2D eigenvalue weighted by atomic mass is 9.85. The normalized spacial score (nSPS) is 13.5. The van der Waals surface area contributed by atoms with Gasteiger partial charge < -0.3 is 11.1 Å². The molecule has 1 rings (SSSR count). The van der Waals surface area contributed by atoms with Gasteiger partial charge in [0.2, 0.25) is 17.7 Å². The second-order valence-corrected chi connectivity index (χ2v) is 8.02. The Labute approximate surface area is 160 Å². The fourth-order valence-corrected chi connectivity index (χ4v) is 2.88. The maximum Gasteiger partial charge on any atom is 0.244 e. The molecule has 0 saturated carbocycles. The number of hydrogen-bond acceptors (Lipinski definition) is 4. The number of nitrogens with two attached hydrogens (primary N) is 1. The second kappa shape index (κ2) is 10.1. The van der Waals surface area contributed by atoms with Crippen LogP contribution in [0.1, 0.15) is 51.2 Å². The molecule has 27 heavy (non-hydrogen) atoms. The molecule has 0 saturated heterocycles. The minimum Gasteiger partial charge on any atom is -0.368 e. The average Bonchev–Trinajstić information content (AvgIpc) is 2.58. The minimum atomic E-state index is -0.846. The fourth-order valence-electron chi connectivity index (χ4n) is 2.88. The van der Waals surface area contributed by atoms with E-state index < -0.39 is 35.1 Å². The fraction of sp³-hybridized carbons (Fsp3) is 0.550. The van der Waals surface area contributed by atoms with E-state index in [0.717, 1.165) is 12.0 Å². The summed E-state index contributed by atoms with van der Waals surface area (Å²) in [5, 5.41) is 11.5. The van der Waals surface area contributed by atoms with Crippen molar-refractivity contribution in [3.05, 3.63) is 35.4 Å². The van der Waals surface area contributed by atoms with Crippen molar-refractivity contribution in [2.24, 2.45) is 17.1 Å². The lowest BCUT2D eigenvalue weighted by molar-refractivity contribution is -0.136. The Morgan fingerprint density at radius 2 is 1.74 bits per heavy atom. The lowest BCUT2D eigenvalue weighted by Crippen LogP contribution is -2.53. The number of benzene rings is 1. The van der Waals surface area contributed by atoms with Crippen molar-refractivity contribution in [2.45, 2.75) is 59.4 Å². The molecule has 0 radical (unpaired) electrons. The van der Waals surface area contributed by atoms with E-state index in [1.165, 1.54) is 5.56 Å². The molecule has 0 aliphatic rings. The third-order valence-corrected chi connectivity index (χ3v) is 4.50. The lowest BCUT2D eigenvalue weighted by Gasteiger charge is -2.30. The average molecular weight is 377 g/mol. The van der Waals surface area contributed by atoms with Crippen molar-refractivity contribution >= 4 is 17.7 Å². The number of nitrogens with one attached hydrogen (secondary N) is 2.